The van der Waals surface area contributed by atoms with Crippen molar-refractivity contribution in [2.45, 2.75) is 13.3 Å². The predicted molar refractivity (Wildman–Crippen MR) is 96.2 cm³/mol. The molecule has 1 aliphatic rings. The third kappa shape index (κ3) is 5.12. The molecule has 0 saturated carbocycles. The molecular weight excluding hydrogens is 344 g/mol. The molecule has 0 bridgehead atoms. The van der Waals surface area contributed by atoms with Crippen LogP contribution in [0.25, 0.3) is 0 Å². The van der Waals surface area contributed by atoms with Crippen LogP contribution in [0.1, 0.15) is 12.0 Å². The van der Waals surface area contributed by atoms with Gasteiger partial charge in [-0.3, -0.25) is 14.4 Å². The highest BCUT2D eigenvalue weighted by molar-refractivity contribution is 7.99. The van der Waals surface area contributed by atoms with Gasteiger partial charge in [-0.05, 0) is 24.6 Å². The van der Waals surface area contributed by atoms with Gasteiger partial charge >= 0.3 is 5.97 Å². The largest absolute Gasteiger partial charge is 0.495 e. The number of methoxy groups -OCH3 is 1. The summed E-state index contributed by atoms with van der Waals surface area (Å²) in [4.78, 5) is 36.6. The molecule has 1 fully saturated rings. The quantitative estimate of drug-likeness (QED) is 0.673. The lowest BCUT2D eigenvalue weighted by Crippen LogP contribution is -2.34. The van der Waals surface area contributed by atoms with Crippen LogP contribution < -0.4 is 15.0 Å². The van der Waals surface area contributed by atoms with Gasteiger partial charge in [-0.1, -0.05) is 6.07 Å². The van der Waals surface area contributed by atoms with E-state index in [-0.39, 0.29) is 24.0 Å². The maximum absolute atomic E-state index is 12.3. The number of carbonyl (C=O) groups excluding carboxylic acids is 2. The summed E-state index contributed by atoms with van der Waals surface area (Å²) >= 11 is 1.24. The third-order valence-corrected chi connectivity index (χ3v) is 4.84. The van der Waals surface area contributed by atoms with Crippen LogP contribution in [0.2, 0.25) is 0 Å². The highest BCUT2D eigenvalue weighted by Crippen LogP contribution is 2.33. The van der Waals surface area contributed by atoms with Gasteiger partial charge < -0.3 is 20.1 Å². The number of anilines is 1. The molecule has 0 aromatic heterocycles. The summed E-state index contributed by atoms with van der Waals surface area (Å²) < 4.78 is 5.32. The van der Waals surface area contributed by atoms with Gasteiger partial charge in [-0.2, -0.15) is 0 Å². The predicted octanol–water partition coefficient (Wildman–Crippen LogP) is 1.29. The molecule has 2 amide bonds. The molecule has 7 nitrogen and oxygen atoms in total. The summed E-state index contributed by atoms with van der Waals surface area (Å²) in [7, 11) is 1.55. The van der Waals surface area contributed by atoms with Crippen LogP contribution in [-0.4, -0.2) is 54.6 Å². The Balaban J connectivity index is 1.92. The fraction of sp³-hybridized carbons (Fsp3) is 0.471. The Hall–Kier alpha value is -2.22. The van der Waals surface area contributed by atoms with E-state index in [1.807, 2.05) is 25.1 Å². The summed E-state index contributed by atoms with van der Waals surface area (Å²) in [5.41, 5.74) is 1.69. The molecule has 1 atom stereocenters. The van der Waals surface area contributed by atoms with Gasteiger partial charge in [0.15, 0.2) is 0 Å². The number of aliphatic carboxylic acids is 1. The zero-order chi connectivity index (χ0) is 18.4. The van der Waals surface area contributed by atoms with E-state index in [9.17, 15) is 14.4 Å². The SMILES string of the molecule is COc1ccc(C)cc1N1CC(C(=O)NCCSCC(=O)O)CC1=O. The fourth-order valence-electron chi connectivity index (χ4n) is 2.68. The molecule has 2 rings (SSSR count). The van der Waals surface area contributed by atoms with E-state index in [0.29, 0.717) is 30.3 Å². The Morgan fingerprint density at radius 2 is 2.20 bits per heavy atom. The molecule has 136 valence electrons. The lowest BCUT2D eigenvalue weighted by Gasteiger charge is -2.20. The molecule has 1 saturated heterocycles. The number of rotatable bonds is 8. The number of thioether (sulfide) groups is 1. The molecule has 1 heterocycles. The van der Waals surface area contributed by atoms with Crippen molar-refractivity contribution in [1.82, 2.24) is 5.32 Å². The van der Waals surface area contributed by atoms with Gasteiger partial charge in [0.2, 0.25) is 11.8 Å². The fourth-order valence-corrected chi connectivity index (χ4v) is 3.24. The van der Waals surface area contributed by atoms with Crippen molar-refractivity contribution in [2.24, 2.45) is 5.92 Å². The first kappa shape index (κ1) is 19.1. The summed E-state index contributed by atoms with van der Waals surface area (Å²) in [6.45, 7) is 2.63. The van der Waals surface area contributed by atoms with Crippen LogP contribution >= 0.6 is 11.8 Å². The van der Waals surface area contributed by atoms with E-state index < -0.39 is 11.9 Å². The second-order valence-corrected chi connectivity index (χ2v) is 6.92. The molecule has 8 heteroatoms. The highest BCUT2D eigenvalue weighted by Gasteiger charge is 2.36. The number of carboxylic acids is 1. The first-order chi connectivity index (χ1) is 11.9. The zero-order valence-electron chi connectivity index (χ0n) is 14.3. The topological polar surface area (TPSA) is 95.9 Å². The summed E-state index contributed by atoms with van der Waals surface area (Å²) in [5, 5.41) is 11.3. The summed E-state index contributed by atoms with van der Waals surface area (Å²) in [6.07, 6.45) is 0.158. The molecule has 0 spiro atoms. The number of amides is 2. The van der Waals surface area contributed by atoms with Crippen molar-refractivity contribution in [1.29, 1.82) is 0 Å². The maximum atomic E-state index is 12.3. The highest BCUT2D eigenvalue weighted by atomic mass is 32.2. The van der Waals surface area contributed by atoms with Crippen LogP contribution in [0.15, 0.2) is 18.2 Å². The average Bonchev–Trinajstić information content (AvgIpc) is 2.96. The van der Waals surface area contributed by atoms with E-state index in [1.165, 1.54) is 11.8 Å². The smallest absolute Gasteiger partial charge is 0.313 e. The minimum absolute atomic E-state index is 0.0126. The standard InChI is InChI=1S/C17H22N2O5S/c1-11-3-4-14(24-2)13(7-11)19-9-12(8-15(19)20)17(23)18-5-6-25-10-16(21)22/h3-4,7,12H,5-6,8-10H2,1-2H3,(H,18,23)(H,21,22). The van der Waals surface area contributed by atoms with E-state index in [4.69, 9.17) is 9.84 Å². The van der Waals surface area contributed by atoms with Gasteiger partial charge in [0.1, 0.15) is 5.75 Å². The minimum atomic E-state index is -0.875. The van der Waals surface area contributed by atoms with Gasteiger partial charge in [0, 0.05) is 25.3 Å². The Morgan fingerprint density at radius 3 is 2.88 bits per heavy atom. The lowest BCUT2D eigenvalue weighted by molar-refractivity contribution is -0.134. The van der Waals surface area contributed by atoms with Crippen molar-refractivity contribution in [2.75, 3.05) is 36.6 Å². The van der Waals surface area contributed by atoms with Gasteiger partial charge in [0.05, 0.1) is 24.5 Å². The number of benzene rings is 1. The van der Waals surface area contributed by atoms with Crippen molar-refractivity contribution in [3.05, 3.63) is 23.8 Å². The third-order valence-electron chi connectivity index (χ3n) is 3.89. The van der Waals surface area contributed by atoms with Crippen molar-refractivity contribution >= 4 is 35.2 Å². The molecule has 0 radical (unpaired) electrons. The van der Waals surface area contributed by atoms with E-state index in [1.54, 1.807) is 12.0 Å². The molecule has 1 aliphatic heterocycles. The van der Waals surface area contributed by atoms with Crippen LogP contribution in [0.5, 0.6) is 5.75 Å². The second-order valence-electron chi connectivity index (χ2n) is 5.82. The number of nitrogens with one attached hydrogen (secondary N) is 1. The average molecular weight is 366 g/mol. The number of hydrogen-bond acceptors (Lipinski definition) is 5. The van der Waals surface area contributed by atoms with Crippen LogP contribution in [0.4, 0.5) is 5.69 Å². The van der Waals surface area contributed by atoms with E-state index in [2.05, 4.69) is 5.32 Å². The molecule has 0 aliphatic carbocycles. The normalized spacial score (nSPS) is 16.8. The van der Waals surface area contributed by atoms with Crippen LogP contribution in [0, 0.1) is 12.8 Å². The molecule has 25 heavy (non-hydrogen) atoms. The summed E-state index contributed by atoms with van der Waals surface area (Å²) in [6, 6.07) is 5.59. The number of ether oxygens (including phenoxy) is 1. The van der Waals surface area contributed by atoms with Gasteiger partial charge in [-0.25, -0.2) is 0 Å². The first-order valence-electron chi connectivity index (χ1n) is 7.94. The maximum Gasteiger partial charge on any atom is 0.313 e. The summed E-state index contributed by atoms with van der Waals surface area (Å²) in [5.74, 6) is -0.442. The van der Waals surface area contributed by atoms with Crippen molar-refractivity contribution in [3.63, 3.8) is 0 Å². The zero-order valence-corrected chi connectivity index (χ0v) is 15.1. The van der Waals surface area contributed by atoms with Crippen molar-refractivity contribution < 1.29 is 24.2 Å². The number of nitrogens with zero attached hydrogens (tertiary/aromatic N) is 1. The Labute approximate surface area is 150 Å². The Bertz CT molecular complexity index is 664. The van der Waals surface area contributed by atoms with Crippen LogP contribution in [-0.2, 0) is 14.4 Å². The molecule has 1 aromatic carbocycles. The number of aryl methyl sites for hydroxylation is 1. The monoisotopic (exact) mass is 366 g/mol. The van der Waals surface area contributed by atoms with Crippen molar-refractivity contribution in [3.8, 4) is 5.75 Å². The van der Waals surface area contributed by atoms with Gasteiger partial charge in [0.25, 0.3) is 0 Å². The van der Waals surface area contributed by atoms with Gasteiger partial charge in [-0.15, -0.1) is 11.8 Å². The number of carbonyl (C=O) groups is 3. The first-order valence-corrected chi connectivity index (χ1v) is 9.10. The Kier molecular flexibility index (Phi) is 6.69. The number of hydrogen-bond donors (Lipinski definition) is 2. The molecular formula is C17H22N2O5S. The van der Waals surface area contributed by atoms with Crippen LogP contribution in [0.3, 0.4) is 0 Å². The second kappa shape index (κ2) is 8.75. The molecule has 1 unspecified atom stereocenters. The Morgan fingerprint density at radius 1 is 1.44 bits per heavy atom. The molecule has 2 N–H and O–H groups in total. The minimum Gasteiger partial charge on any atom is -0.495 e. The lowest BCUT2D eigenvalue weighted by atomic mass is 10.1. The van der Waals surface area contributed by atoms with E-state index >= 15 is 0 Å². The molecule has 1 aromatic rings. The van der Waals surface area contributed by atoms with E-state index in [0.717, 1.165) is 5.56 Å². The number of carboxylic acid groups (broad SMARTS) is 1.